The Kier molecular flexibility index (Phi) is 7.24. The molecule has 158 valence electrons. The standard InChI is InChI=1S/C24H21NO6/c26-21(15-22(27)19-12-7-13-20(14-19)25(29)30)16-23(28)31-24(17-8-3-1-4-9-17)18-10-5-2-6-11-18/h1-14,22,24,27H,15-16H2/t22-/m1/s1. The minimum atomic E-state index is -1.25. The third-order valence-electron chi connectivity index (χ3n) is 4.68. The molecule has 1 atom stereocenters. The average Bonchev–Trinajstić information content (AvgIpc) is 2.78. The first-order chi connectivity index (χ1) is 14.9. The molecule has 7 nitrogen and oxygen atoms in total. The number of nitro benzene ring substituents is 1. The second-order valence-corrected chi connectivity index (χ2v) is 6.98. The highest BCUT2D eigenvalue weighted by Crippen LogP contribution is 2.27. The largest absolute Gasteiger partial charge is 0.452 e. The van der Waals surface area contributed by atoms with E-state index in [-0.39, 0.29) is 17.7 Å². The van der Waals surface area contributed by atoms with Crippen LogP contribution in [0, 0.1) is 10.1 Å². The van der Waals surface area contributed by atoms with E-state index >= 15 is 0 Å². The number of nitrogens with zero attached hydrogens (tertiary/aromatic N) is 1. The van der Waals surface area contributed by atoms with Crippen molar-refractivity contribution >= 4 is 17.4 Å². The van der Waals surface area contributed by atoms with E-state index in [4.69, 9.17) is 4.74 Å². The van der Waals surface area contributed by atoms with E-state index in [1.807, 2.05) is 60.7 Å². The maximum absolute atomic E-state index is 12.5. The number of carbonyl (C=O) groups is 2. The van der Waals surface area contributed by atoms with Gasteiger partial charge in [0.25, 0.3) is 5.69 Å². The van der Waals surface area contributed by atoms with Gasteiger partial charge < -0.3 is 9.84 Å². The van der Waals surface area contributed by atoms with E-state index in [9.17, 15) is 24.8 Å². The number of Topliss-reactive ketones (excluding diaryl/α,β-unsaturated/α-hetero) is 1. The van der Waals surface area contributed by atoms with E-state index in [0.717, 1.165) is 11.1 Å². The van der Waals surface area contributed by atoms with Crippen molar-refractivity contribution < 1.29 is 24.4 Å². The lowest BCUT2D eigenvalue weighted by atomic mass is 10.0. The Labute approximate surface area is 179 Å². The van der Waals surface area contributed by atoms with Gasteiger partial charge >= 0.3 is 5.97 Å². The minimum Gasteiger partial charge on any atom is -0.452 e. The molecule has 0 saturated heterocycles. The van der Waals surface area contributed by atoms with Crippen LogP contribution >= 0.6 is 0 Å². The first kappa shape index (κ1) is 21.9. The van der Waals surface area contributed by atoms with Crippen LogP contribution in [0.4, 0.5) is 5.69 Å². The van der Waals surface area contributed by atoms with Crippen LogP contribution in [0.25, 0.3) is 0 Å². The summed E-state index contributed by atoms with van der Waals surface area (Å²) in [6, 6.07) is 23.8. The summed E-state index contributed by atoms with van der Waals surface area (Å²) in [4.78, 5) is 35.1. The number of benzene rings is 3. The van der Waals surface area contributed by atoms with Gasteiger partial charge in [-0.2, -0.15) is 0 Å². The van der Waals surface area contributed by atoms with Crippen molar-refractivity contribution in [3.8, 4) is 0 Å². The molecule has 1 N–H and O–H groups in total. The highest BCUT2D eigenvalue weighted by Gasteiger charge is 2.22. The number of aliphatic hydroxyl groups excluding tert-OH is 1. The van der Waals surface area contributed by atoms with Gasteiger partial charge in [0, 0.05) is 18.6 Å². The fourth-order valence-corrected chi connectivity index (χ4v) is 3.17. The van der Waals surface area contributed by atoms with Crippen LogP contribution in [0.2, 0.25) is 0 Å². The van der Waals surface area contributed by atoms with Crippen molar-refractivity contribution in [2.24, 2.45) is 0 Å². The number of ketones is 1. The molecule has 31 heavy (non-hydrogen) atoms. The summed E-state index contributed by atoms with van der Waals surface area (Å²) in [5.74, 6) is -1.24. The third kappa shape index (κ3) is 6.07. The Hall–Kier alpha value is -3.84. The van der Waals surface area contributed by atoms with Crippen molar-refractivity contribution in [2.75, 3.05) is 0 Å². The number of nitro groups is 1. The van der Waals surface area contributed by atoms with Gasteiger partial charge in [0.2, 0.25) is 0 Å². The molecule has 0 radical (unpaired) electrons. The molecule has 0 heterocycles. The van der Waals surface area contributed by atoms with Gasteiger partial charge in [0.1, 0.15) is 12.2 Å². The molecule has 3 aromatic rings. The van der Waals surface area contributed by atoms with Crippen molar-refractivity contribution in [1.82, 2.24) is 0 Å². The predicted molar refractivity (Wildman–Crippen MR) is 113 cm³/mol. The zero-order valence-electron chi connectivity index (χ0n) is 16.6. The number of hydrogen-bond donors (Lipinski definition) is 1. The second-order valence-electron chi connectivity index (χ2n) is 6.98. The number of non-ortho nitro benzene ring substituents is 1. The molecule has 0 aliphatic carbocycles. The molecule has 0 aliphatic heterocycles. The molecular weight excluding hydrogens is 398 g/mol. The summed E-state index contributed by atoms with van der Waals surface area (Å²) in [7, 11) is 0. The highest BCUT2D eigenvalue weighted by atomic mass is 16.6. The van der Waals surface area contributed by atoms with Gasteiger partial charge in [-0.3, -0.25) is 19.7 Å². The van der Waals surface area contributed by atoms with Crippen molar-refractivity contribution in [1.29, 1.82) is 0 Å². The first-order valence-electron chi connectivity index (χ1n) is 9.67. The van der Waals surface area contributed by atoms with E-state index in [1.54, 1.807) is 0 Å². The van der Waals surface area contributed by atoms with Crippen LogP contribution < -0.4 is 0 Å². The fraction of sp³-hybridized carbons (Fsp3) is 0.167. The molecule has 0 amide bonds. The highest BCUT2D eigenvalue weighted by molar-refractivity contribution is 5.95. The first-order valence-corrected chi connectivity index (χ1v) is 9.67. The molecule has 3 aromatic carbocycles. The molecule has 0 saturated carbocycles. The van der Waals surface area contributed by atoms with Crippen molar-refractivity contribution in [2.45, 2.75) is 25.0 Å². The van der Waals surface area contributed by atoms with Crippen molar-refractivity contribution in [3.63, 3.8) is 0 Å². The summed E-state index contributed by atoms with van der Waals surface area (Å²) in [6.45, 7) is 0. The molecule has 0 aliphatic rings. The Morgan fingerprint density at radius 3 is 1.97 bits per heavy atom. The molecule has 7 heteroatoms. The Balaban J connectivity index is 1.65. The number of esters is 1. The summed E-state index contributed by atoms with van der Waals surface area (Å²) >= 11 is 0. The molecule has 0 fully saturated rings. The van der Waals surface area contributed by atoms with Crippen LogP contribution in [0.1, 0.15) is 41.7 Å². The number of hydrogen-bond acceptors (Lipinski definition) is 6. The van der Waals surface area contributed by atoms with Crippen molar-refractivity contribution in [3.05, 3.63) is 112 Å². The zero-order valence-corrected chi connectivity index (χ0v) is 16.6. The van der Waals surface area contributed by atoms with E-state index < -0.39 is 35.3 Å². The Morgan fingerprint density at radius 2 is 1.42 bits per heavy atom. The number of carbonyl (C=O) groups excluding carboxylic acids is 2. The quantitative estimate of drug-likeness (QED) is 0.240. The molecule has 0 aromatic heterocycles. The molecule has 0 unspecified atom stereocenters. The summed E-state index contributed by atoms with van der Waals surface area (Å²) in [6.07, 6.45) is -2.77. The average molecular weight is 419 g/mol. The van der Waals surface area contributed by atoms with Gasteiger partial charge in [-0.25, -0.2) is 0 Å². The summed E-state index contributed by atoms with van der Waals surface area (Å²) < 4.78 is 5.60. The van der Waals surface area contributed by atoms with Crippen LogP contribution in [0.5, 0.6) is 0 Å². The predicted octanol–water partition coefficient (Wildman–Crippen LogP) is 4.31. The Bertz CT molecular complexity index is 1010. The fourth-order valence-electron chi connectivity index (χ4n) is 3.17. The van der Waals surface area contributed by atoms with E-state index in [1.165, 1.54) is 24.3 Å². The van der Waals surface area contributed by atoms with Crippen LogP contribution in [0.3, 0.4) is 0 Å². The lowest BCUT2D eigenvalue weighted by Crippen LogP contribution is -2.17. The van der Waals surface area contributed by atoms with Gasteiger partial charge in [-0.15, -0.1) is 0 Å². The summed E-state index contributed by atoms with van der Waals surface area (Å²) in [5, 5.41) is 21.1. The molecule has 0 spiro atoms. The molecule has 0 bridgehead atoms. The topological polar surface area (TPSA) is 107 Å². The minimum absolute atomic E-state index is 0.183. The monoisotopic (exact) mass is 419 g/mol. The van der Waals surface area contributed by atoms with Crippen LogP contribution in [-0.2, 0) is 14.3 Å². The molecular formula is C24H21NO6. The zero-order chi connectivity index (χ0) is 22.2. The second kappa shape index (κ2) is 10.3. The lowest BCUT2D eigenvalue weighted by molar-refractivity contribution is -0.385. The molecule has 3 rings (SSSR count). The van der Waals surface area contributed by atoms with Crippen LogP contribution in [0.15, 0.2) is 84.9 Å². The maximum Gasteiger partial charge on any atom is 0.314 e. The summed E-state index contributed by atoms with van der Waals surface area (Å²) in [5.41, 5.74) is 1.59. The van der Waals surface area contributed by atoms with Crippen LogP contribution in [-0.4, -0.2) is 21.8 Å². The van der Waals surface area contributed by atoms with Gasteiger partial charge in [-0.05, 0) is 16.7 Å². The van der Waals surface area contributed by atoms with E-state index in [0.29, 0.717) is 0 Å². The van der Waals surface area contributed by atoms with E-state index in [2.05, 4.69) is 0 Å². The number of aliphatic hydroxyl groups is 1. The number of ether oxygens (including phenoxy) is 1. The third-order valence-corrected chi connectivity index (χ3v) is 4.68. The van der Waals surface area contributed by atoms with Gasteiger partial charge in [-0.1, -0.05) is 72.8 Å². The lowest BCUT2D eigenvalue weighted by Gasteiger charge is -2.19. The van der Waals surface area contributed by atoms with Gasteiger partial charge in [0.15, 0.2) is 6.10 Å². The smallest absolute Gasteiger partial charge is 0.314 e. The SMILES string of the molecule is O=C(CC(=O)OC(c1ccccc1)c1ccccc1)C[C@@H](O)c1cccc([N+](=O)[O-])c1. The normalized spacial score (nSPS) is 11.7. The Morgan fingerprint density at radius 1 is 0.871 bits per heavy atom. The maximum atomic E-state index is 12.5. The number of rotatable bonds is 9. The van der Waals surface area contributed by atoms with Gasteiger partial charge in [0.05, 0.1) is 11.0 Å².